The van der Waals surface area contributed by atoms with Crippen LogP contribution in [0.15, 0.2) is 24.3 Å². The summed E-state index contributed by atoms with van der Waals surface area (Å²) in [7, 11) is 0. The molecule has 2 N–H and O–H groups in total. The normalized spacial score (nSPS) is 11.0. The van der Waals surface area contributed by atoms with Crippen LogP contribution in [-0.4, -0.2) is 26.4 Å². The van der Waals surface area contributed by atoms with E-state index in [1.54, 1.807) is 0 Å². The van der Waals surface area contributed by atoms with Crippen molar-refractivity contribution in [3.8, 4) is 5.75 Å². The van der Waals surface area contributed by atoms with Crippen molar-refractivity contribution in [1.29, 1.82) is 0 Å². The van der Waals surface area contributed by atoms with Crippen LogP contribution in [0, 0.1) is 0 Å². The van der Waals surface area contributed by atoms with E-state index in [4.69, 9.17) is 15.2 Å². The number of unbranched alkanes of at least 4 members (excludes halogenated alkanes) is 2. The van der Waals surface area contributed by atoms with Crippen molar-refractivity contribution in [2.75, 3.05) is 26.4 Å². The van der Waals surface area contributed by atoms with Crippen molar-refractivity contribution in [3.63, 3.8) is 0 Å². The lowest BCUT2D eigenvalue weighted by atomic mass is 10.0. The molecule has 0 aliphatic heterocycles. The number of nitrogens with two attached hydrogens (primary N) is 1. The second-order valence-electron chi connectivity index (χ2n) is 5.36. The lowest BCUT2D eigenvalue weighted by Crippen LogP contribution is -2.06. The Bertz CT molecular complexity index is 353. The molecule has 0 saturated heterocycles. The second-order valence-corrected chi connectivity index (χ2v) is 5.36. The van der Waals surface area contributed by atoms with E-state index < -0.39 is 0 Å². The van der Waals surface area contributed by atoms with Gasteiger partial charge in [0.1, 0.15) is 5.75 Å². The molecule has 1 aromatic carbocycles. The molecule has 0 aromatic heterocycles. The Kier molecular flexibility index (Phi) is 9.09. The maximum absolute atomic E-state index is 5.85. The van der Waals surface area contributed by atoms with Gasteiger partial charge in [0.25, 0.3) is 0 Å². The topological polar surface area (TPSA) is 44.5 Å². The first kappa shape index (κ1) is 17.0. The molecule has 3 nitrogen and oxygen atoms in total. The molecule has 0 aliphatic carbocycles. The van der Waals surface area contributed by atoms with Gasteiger partial charge in [0.05, 0.1) is 6.61 Å². The highest BCUT2D eigenvalue weighted by Gasteiger charge is 2.06. The van der Waals surface area contributed by atoms with Crippen molar-refractivity contribution in [1.82, 2.24) is 0 Å². The molecule has 0 radical (unpaired) electrons. The smallest absolute Gasteiger partial charge is 0.122 e. The van der Waals surface area contributed by atoms with Gasteiger partial charge in [-0.25, -0.2) is 0 Å². The highest BCUT2D eigenvalue weighted by Crippen LogP contribution is 2.25. The molecule has 0 fully saturated rings. The van der Waals surface area contributed by atoms with Gasteiger partial charge in [-0.1, -0.05) is 32.0 Å². The van der Waals surface area contributed by atoms with Crippen molar-refractivity contribution in [3.05, 3.63) is 29.8 Å². The molecule has 0 spiro atoms. The van der Waals surface area contributed by atoms with Gasteiger partial charge < -0.3 is 15.2 Å². The first-order valence-electron chi connectivity index (χ1n) is 7.75. The summed E-state index contributed by atoms with van der Waals surface area (Å²) >= 11 is 0. The lowest BCUT2D eigenvalue weighted by Gasteiger charge is -2.13. The third-order valence-corrected chi connectivity index (χ3v) is 3.22. The predicted molar refractivity (Wildman–Crippen MR) is 84.4 cm³/mol. The van der Waals surface area contributed by atoms with Gasteiger partial charge in [-0.2, -0.15) is 0 Å². The maximum atomic E-state index is 5.85. The van der Waals surface area contributed by atoms with Gasteiger partial charge in [-0.05, 0) is 43.4 Å². The summed E-state index contributed by atoms with van der Waals surface area (Å²) < 4.78 is 11.4. The molecule has 1 rings (SSSR count). The molecule has 0 aliphatic rings. The molecular weight excluding hydrogens is 250 g/mol. The number of ether oxygens (including phenoxy) is 2. The standard InChI is InChI=1S/C17H29NO2/c1-15(2)16-9-4-5-10-17(16)20-14-8-13-19-12-7-3-6-11-18/h4-5,9-10,15H,3,6-8,11-14,18H2,1-2H3. The van der Waals surface area contributed by atoms with Crippen molar-refractivity contribution in [2.24, 2.45) is 5.73 Å². The third kappa shape index (κ3) is 6.92. The van der Waals surface area contributed by atoms with Gasteiger partial charge in [-0.15, -0.1) is 0 Å². The summed E-state index contributed by atoms with van der Waals surface area (Å²) in [5, 5.41) is 0. The Labute approximate surface area is 123 Å². The average Bonchev–Trinajstić information content (AvgIpc) is 2.46. The van der Waals surface area contributed by atoms with Gasteiger partial charge >= 0.3 is 0 Å². The number of rotatable bonds is 11. The molecule has 20 heavy (non-hydrogen) atoms. The highest BCUT2D eigenvalue weighted by atomic mass is 16.5. The highest BCUT2D eigenvalue weighted by molar-refractivity contribution is 5.35. The molecule has 3 heteroatoms. The number of hydrogen-bond donors (Lipinski definition) is 1. The first-order chi connectivity index (χ1) is 9.75. The molecular formula is C17H29NO2. The minimum atomic E-state index is 0.491. The second kappa shape index (κ2) is 10.7. The van der Waals surface area contributed by atoms with Gasteiger partial charge in [-0.3, -0.25) is 0 Å². The number of para-hydroxylation sites is 1. The largest absolute Gasteiger partial charge is 0.493 e. The summed E-state index contributed by atoms with van der Waals surface area (Å²) in [5.41, 5.74) is 6.71. The summed E-state index contributed by atoms with van der Waals surface area (Å²) in [4.78, 5) is 0. The van der Waals surface area contributed by atoms with E-state index >= 15 is 0 Å². The van der Waals surface area contributed by atoms with E-state index in [1.165, 1.54) is 5.56 Å². The van der Waals surface area contributed by atoms with Gasteiger partial charge in [0.2, 0.25) is 0 Å². The van der Waals surface area contributed by atoms with Crippen LogP contribution in [0.25, 0.3) is 0 Å². The van der Waals surface area contributed by atoms with Crippen molar-refractivity contribution in [2.45, 2.75) is 45.4 Å². The predicted octanol–water partition coefficient (Wildman–Crippen LogP) is 3.72. The fourth-order valence-electron chi connectivity index (χ4n) is 2.06. The zero-order valence-corrected chi connectivity index (χ0v) is 12.9. The van der Waals surface area contributed by atoms with Crippen LogP contribution in [-0.2, 0) is 4.74 Å². The van der Waals surface area contributed by atoms with E-state index in [2.05, 4.69) is 26.0 Å². The lowest BCUT2D eigenvalue weighted by molar-refractivity contribution is 0.116. The molecule has 0 heterocycles. The molecule has 1 aromatic rings. The van der Waals surface area contributed by atoms with Crippen LogP contribution in [0.2, 0.25) is 0 Å². The van der Waals surface area contributed by atoms with Crippen LogP contribution in [0.1, 0.15) is 51.0 Å². The average molecular weight is 279 g/mol. The van der Waals surface area contributed by atoms with Crippen LogP contribution in [0.3, 0.4) is 0 Å². The summed E-state index contributed by atoms with van der Waals surface area (Å²) in [5.74, 6) is 1.50. The molecule has 0 amide bonds. The fraction of sp³-hybridized carbons (Fsp3) is 0.647. The van der Waals surface area contributed by atoms with Crippen molar-refractivity contribution < 1.29 is 9.47 Å². The Morgan fingerprint density at radius 1 is 0.950 bits per heavy atom. The molecule has 0 bridgehead atoms. The number of hydrogen-bond acceptors (Lipinski definition) is 3. The summed E-state index contributed by atoms with van der Waals surface area (Å²) in [6.45, 7) is 7.48. The van der Waals surface area contributed by atoms with E-state index in [0.717, 1.165) is 51.2 Å². The Morgan fingerprint density at radius 3 is 2.45 bits per heavy atom. The molecule has 0 unspecified atom stereocenters. The Hall–Kier alpha value is -1.06. The minimum absolute atomic E-state index is 0.491. The monoisotopic (exact) mass is 279 g/mol. The third-order valence-electron chi connectivity index (χ3n) is 3.22. The zero-order chi connectivity index (χ0) is 14.6. The van der Waals surface area contributed by atoms with Crippen LogP contribution in [0.4, 0.5) is 0 Å². The SMILES string of the molecule is CC(C)c1ccccc1OCCCOCCCCCN. The minimum Gasteiger partial charge on any atom is -0.493 e. The van der Waals surface area contributed by atoms with E-state index in [1.807, 2.05) is 12.1 Å². The number of benzene rings is 1. The van der Waals surface area contributed by atoms with E-state index in [-0.39, 0.29) is 0 Å². The Balaban J connectivity index is 2.10. The quantitative estimate of drug-likeness (QED) is 0.628. The van der Waals surface area contributed by atoms with Crippen LogP contribution >= 0.6 is 0 Å². The van der Waals surface area contributed by atoms with Gasteiger partial charge in [0, 0.05) is 19.6 Å². The fourth-order valence-corrected chi connectivity index (χ4v) is 2.06. The van der Waals surface area contributed by atoms with Crippen molar-refractivity contribution >= 4 is 0 Å². The molecule has 0 atom stereocenters. The summed E-state index contributed by atoms with van der Waals surface area (Å²) in [6.07, 6.45) is 4.30. The Morgan fingerprint density at radius 2 is 1.70 bits per heavy atom. The molecule has 0 saturated carbocycles. The first-order valence-corrected chi connectivity index (χ1v) is 7.75. The zero-order valence-electron chi connectivity index (χ0n) is 12.9. The maximum Gasteiger partial charge on any atom is 0.122 e. The van der Waals surface area contributed by atoms with Gasteiger partial charge in [0.15, 0.2) is 0 Å². The molecule has 114 valence electrons. The van der Waals surface area contributed by atoms with Crippen LogP contribution in [0.5, 0.6) is 5.75 Å². The van der Waals surface area contributed by atoms with E-state index in [9.17, 15) is 0 Å². The van der Waals surface area contributed by atoms with Crippen LogP contribution < -0.4 is 10.5 Å². The summed E-state index contributed by atoms with van der Waals surface area (Å²) in [6, 6.07) is 8.26. The van der Waals surface area contributed by atoms with E-state index in [0.29, 0.717) is 12.5 Å².